The van der Waals surface area contributed by atoms with Crippen LogP contribution in [0.4, 0.5) is 13.2 Å². The van der Waals surface area contributed by atoms with Crippen molar-refractivity contribution in [2.24, 2.45) is 4.99 Å². The second kappa shape index (κ2) is 6.64. The van der Waals surface area contributed by atoms with Crippen LogP contribution in [-0.4, -0.2) is 36.8 Å². The molecule has 2 N–H and O–H groups in total. The van der Waals surface area contributed by atoms with Crippen LogP contribution in [0.25, 0.3) is 0 Å². The lowest BCUT2D eigenvalue weighted by atomic mass is 10.3. The molecule has 0 aromatic carbocycles. The molecule has 2 rings (SSSR count). The summed E-state index contributed by atoms with van der Waals surface area (Å²) in [6.45, 7) is -0.853. The van der Waals surface area contributed by atoms with E-state index in [1.807, 2.05) is 0 Å². The first-order valence-electron chi connectivity index (χ1n) is 6.58. The molecule has 116 valence electrons. The minimum absolute atomic E-state index is 0.0448. The van der Waals surface area contributed by atoms with Crippen LogP contribution in [0.15, 0.2) is 23.3 Å². The van der Waals surface area contributed by atoms with Gasteiger partial charge in [0, 0.05) is 31.9 Å². The molecule has 1 aromatic heterocycles. The summed E-state index contributed by atoms with van der Waals surface area (Å²) in [6, 6.07) is 3.57. The van der Waals surface area contributed by atoms with Crippen LogP contribution in [0, 0.1) is 0 Å². The van der Waals surface area contributed by atoms with E-state index in [1.54, 1.807) is 13.1 Å². The lowest BCUT2D eigenvalue weighted by Gasteiger charge is -2.11. The maximum absolute atomic E-state index is 12.0. The number of halogens is 3. The number of aliphatic imine (C=N–C) groups is 1. The molecule has 0 aliphatic heterocycles. The van der Waals surface area contributed by atoms with Crippen LogP contribution < -0.4 is 15.4 Å². The van der Waals surface area contributed by atoms with E-state index < -0.39 is 12.8 Å². The SMILES string of the molecule is CN=C(NCc1ccc(OCC(F)(F)F)nc1)NC1CC1. The van der Waals surface area contributed by atoms with Crippen molar-refractivity contribution in [3.05, 3.63) is 23.9 Å². The van der Waals surface area contributed by atoms with Crippen molar-refractivity contribution < 1.29 is 17.9 Å². The van der Waals surface area contributed by atoms with Gasteiger partial charge in [-0.15, -0.1) is 0 Å². The van der Waals surface area contributed by atoms with Crippen LogP contribution in [-0.2, 0) is 6.54 Å². The number of pyridine rings is 1. The van der Waals surface area contributed by atoms with E-state index in [1.165, 1.54) is 12.3 Å². The summed E-state index contributed by atoms with van der Waals surface area (Å²) in [5.41, 5.74) is 0.827. The summed E-state index contributed by atoms with van der Waals surface area (Å²) >= 11 is 0. The molecule has 0 radical (unpaired) electrons. The Morgan fingerprint density at radius 2 is 2.19 bits per heavy atom. The Hall–Kier alpha value is -1.99. The fraction of sp³-hybridized carbons (Fsp3) is 0.538. The normalized spacial score (nSPS) is 15.7. The Morgan fingerprint density at radius 3 is 2.71 bits per heavy atom. The van der Waals surface area contributed by atoms with Crippen molar-refractivity contribution in [1.82, 2.24) is 15.6 Å². The zero-order valence-electron chi connectivity index (χ0n) is 11.6. The van der Waals surface area contributed by atoms with E-state index in [0.29, 0.717) is 18.5 Å². The lowest BCUT2D eigenvalue weighted by molar-refractivity contribution is -0.154. The standard InChI is InChI=1S/C13H17F3N4O/c1-17-12(20-10-3-4-10)19-7-9-2-5-11(18-6-9)21-8-13(14,15)16/h2,5-6,10H,3-4,7-8H2,1H3,(H2,17,19,20). The fourth-order valence-corrected chi connectivity index (χ4v) is 1.56. The second-order valence-electron chi connectivity index (χ2n) is 4.75. The van der Waals surface area contributed by atoms with E-state index >= 15 is 0 Å². The van der Waals surface area contributed by atoms with Crippen LogP contribution >= 0.6 is 0 Å². The Balaban J connectivity index is 1.78. The highest BCUT2D eigenvalue weighted by Gasteiger charge is 2.28. The monoisotopic (exact) mass is 302 g/mol. The predicted molar refractivity (Wildman–Crippen MR) is 72.1 cm³/mol. The third-order valence-corrected chi connectivity index (χ3v) is 2.78. The van der Waals surface area contributed by atoms with Crippen LogP contribution in [0.5, 0.6) is 5.88 Å². The molecule has 1 saturated carbocycles. The molecular formula is C13H17F3N4O. The van der Waals surface area contributed by atoms with E-state index in [4.69, 9.17) is 0 Å². The summed E-state index contributed by atoms with van der Waals surface area (Å²) in [4.78, 5) is 7.92. The van der Waals surface area contributed by atoms with Gasteiger partial charge in [0.05, 0.1) is 0 Å². The molecule has 21 heavy (non-hydrogen) atoms. The number of nitrogens with one attached hydrogen (secondary N) is 2. The highest BCUT2D eigenvalue weighted by atomic mass is 19.4. The Labute approximate surface area is 120 Å². The minimum atomic E-state index is -4.36. The van der Waals surface area contributed by atoms with Crippen LogP contribution in [0.3, 0.4) is 0 Å². The molecule has 0 atom stereocenters. The van der Waals surface area contributed by atoms with Gasteiger partial charge in [0.15, 0.2) is 12.6 Å². The van der Waals surface area contributed by atoms with Crippen molar-refractivity contribution in [3.8, 4) is 5.88 Å². The molecule has 0 bridgehead atoms. The third-order valence-electron chi connectivity index (χ3n) is 2.78. The van der Waals surface area contributed by atoms with Gasteiger partial charge < -0.3 is 15.4 Å². The molecule has 1 aliphatic rings. The fourth-order valence-electron chi connectivity index (χ4n) is 1.56. The molecule has 0 amide bonds. The van der Waals surface area contributed by atoms with Crippen LogP contribution in [0.2, 0.25) is 0 Å². The minimum Gasteiger partial charge on any atom is -0.468 e. The van der Waals surface area contributed by atoms with Gasteiger partial charge in [0.2, 0.25) is 5.88 Å². The molecule has 1 aromatic rings. The van der Waals surface area contributed by atoms with Gasteiger partial charge in [0.1, 0.15) is 0 Å². The van der Waals surface area contributed by atoms with Gasteiger partial charge in [-0.05, 0) is 18.4 Å². The molecule has 0 spiro atoms. The number of guanidine groups is 1. The smallest absolute Gasteiger partial charge is 0.422 e. The van der Waals surface area contributed by atoms with Gasteiger partial charge in [-0.1, -0.05) is 6.07 Å². The summed E-state index contributed by atoms with van der Waals surface area (Å²) in [5.74, 6) is 0.659. The summed E-state index contributed by atoms with van der Waals surface area (Å²) in [5, 5.41) is 6.34. The predicted octanol–water partition coefficient (Wildman–Crippen LogP) is 1.85. The van der Waals surface area contributed by atoms with Crippen molar-refractivity contribution in [2.45, 2.75) is 31.6 Å². The topological polar surface area (TPSA) is 58.5 Å². The first kappa shape index (κ1) is 15.4. The maximum Gasteiger partial charge on any atom is 0.422 e. The Kier molecular flexibility index (Phi) is 4.87. The lowest BCUT2D eigenvalue weighted by Crippen LogP contribution is -2.38. The van der Waals surface area contributed by atoms with Gasteiger partial charge >= 0.3 is 6.18 Å². The molecular weight excluding hydrogens is 285 g/mol. The summed E-state index contributed by atoms with van der Waals surface area (Å²) in [6.07, 6.45) is -0.590. The number of hydrogen-bond donors (Lipinski definition) is 2. The molecule has 0 saturated heterocycles. The molecule has 1 heterocycles. The van der Waals surface area contributed by atoms with Crippen LogP contribution in [0.1, 0.15) is 18.4 Å². The average Bonchev–Trinajstić information content (AvgIpc) is 3.25. The molecule has 0 unspecified atom stereocenters. The zero-order valence-corrected chi connectivity index (χ0v) is 11.6. The quantitative estimate of drug-likeness (QED) is 0.644. The van der Waals surface area contributed by atoms with Gasteiger partial charge in [-0.3, -0.25) is 4.99 Å². The van der Waals surface area contributed by atoms with Crippen molar-refractivity contribution in [1.29, 1.82) is 0 Å². The summed E-state index contributed by atoms with van der Waals surface area (Å²) in [7, 11) is 1.68. The first-order chi connectivity index (χ1) is 9.96. The number of alkyl halides is 3. The second-order valence-corrected chi connectivity index (χ2v) is 4.75. The van der Waals surface area contributed by atoms with Gasteiger partial charge in [-0.2, -0.15) is 13.2 Å². The van der Waals surface area contributed by atoms with E-state index in [-0.39, 0.29) is 5.88 Å². The van der Waals surface area contributed by atoms with E-state index in [9.17, 15) is 13.2 Å². The zero-order chi connectivity index (χ0) is 15.3. The van der Waals surface area contributed by atoms with E-state index in [0.717, 1.165) is 18.4 Å². The largest absolute Gasteiger partial charge is 0.468 e. The summed E-state index contributed by atoms with van der Waals surface area (Å²) < 4.78 is 40.5. The van der Waals surface area contributed by atoms with Crippen molar-refractivity contribution in [3.63, 3.8) is 0 Å². The number of nitrogens with zero attached hydrogens (tertiary/aromatic N) is 2. The highest BCUT2D eigenvalue weighted by Crippen LogP contribution is 2.18. The average molecular weight is 302 g/mol. The van der Waals surface area contributed by atoms with E-state index in [2.05, 4.69) is 25.3 Å². The number of rotatable bonds is 5. The van der Waals surface area contributed by atoms with Gasteiger partial charge in [0.25, 0.3) is 0 Å². The van der Waals surface area contributed by atoms with Gasteiger partial charge in [-0.25, -0.2) is 4.98 Å². The number of aromatic nitrogens is 1. The third kappa shape index (κ3) is 5.88. The van der Waals surface area contributed by atoms with Crippen molar-refractivity contribution in [2.75, 3.05) is 13.7 Å². The molecule has 5 nitrogen and oxygen atoms in total. The molecule has 8 heteroatoms. The maximum atomic E-state index is 12.0. The Morgan fingerprint density at radius 1 is 1.43 bits per heavy atom. The molecule has 1 aliphatic carbocycles. The molecule has 1 fully saturated rings. The number of hydrogen-bond acceptors (Lipinski definition) is 3. The Bertz CT molecular complexity index is 483. The highest BCUT2D eigenvalue weighted by molar-refractivity contribution is 5.80. The number of ether oxygens (including phenoxy) is 1. The van der Waals surface area contributed by atoms with Crippen molar-refractivity contribution >= 4 is 5.96 Å². The first-order valence-corrected chi connectivity index (χ1v) is 6.58.